The van der Waals surface area contributed by atoms with Crippen LogP contribution in [0.15, 0.2) is 54.6 Å². The number of halogens is 1. The lowest BCUT2D eigenvalue weighted by molar-refractivity contribution is -0.146. The van der Waals surface area contributed by atoms with Crippen LogP contribution in [0.3, 0.4) is 0 Å². The first-order chi connectivity index (χ1) is 12.9. The van der Waals surface area contributed by atoms with Gasteiger partial charge in [-0.2, -0.15) is 0 Å². The highest BCUT2D eigenvalue weighted by Crippen LogP contribution is 2.50. The van der Waals surface area contributed by atoms with Gasteiger partial charge < -0.3 is 9.26 Å². The number of esters is 1. The van der Waals surface area contributed by atoms with Crippen LogP contribution in [0.4, 0.5) is 0 Å². The topological polar surface area (TPSA) is 64.6 Å². The van der Waals surface area contributed by atoms with Crippen LogP contribution in [0.25, 0.3) is 6.08 Å². The van der Waals surface area contributed by atoms with Crippen LogP contribution in [0, 0.1) is 0 Å². The average Bonchev–Trinajstić information content (AvgIpc) is 2.66. The minimum atomic E-state index is -3.78. The van der Waals surface area contributed by atoms with Gasteiger partial charge in [0, 0.05) is 16.8 Å². The monoisotopic (exact) mass is 405 g/mol. The molecule has 0 saturated carbocycles. The van der Waals surface area contributed by atoms with E-state index in [0.29, 0.717) is 5.75 Å². The van der Waals surface area contributed by atoms with Crippen LogP contribution in [0.1, 0.15) is 30.0 Å². The molecule has 0 spiro atoms. The number of carbonyl (C=O) groups excluding carboxylic acids is 1. The first kappa shape index (κ1) is 19.7. The van der Waals surface area contributed by atoms with Crippen molar-refractivity contribution in [2.45, 2.75) is 32.4 Å². The molecule has 142 valence electrons. The fourth-order valence-corrected chi connectivity index (χ4v) is 4.50. The molecule has 0 amide bonds. The molecule has 0 saturated heterocycles. The summed E-state index contributed by atoms with van der Waals surface area (Å²) in [5.74, 6) is -0.127. The molecule has 3 rings (SSSR count). The Hall–Kier alpha value is -2.07. The number of allylic oxidation sites excluding steroid dienone is 1. The van der Waals surface area contributed by atoms with E-state index >= 15 is 0 Å². The summed E-state index contributed by atoms with van der Waals surface area (Å²) >= 11 is 6.06. The van der Waals surface area contributed by atoms with Gasteiger partial charge in [0.2, 0.25) is 0 Å². The van der Waals surface area contributed by atoms with Crippen LogP contribution in [0.2, 0.25) is 0 Å². The zero-order chi connectivity index (χ0) is 19.3. The molecule has 1 aliphatic carbocycles. The molecule has 0 aliphatic heterocycles. The molecular formula is C20H21ClNO4P. The Morgan fingerprint density at radius 1 is 1.22 bits per heavy atom. The Bertz CT molecular complexity index is 885. The Balaban J connectivity index is 1.60. The Morgan fingerprint density at radius 2 is 2.00 bits per heavy atom. The summed E-state index contributed by atoms with van der Waals surface area (Å²) in [6, 6.07) is 14.0. The molecular weight excluding hydrogens is 385 g/mol. The number of hydrogen-bond donors (Lipinski definition) is 1. The van der Waals surface area contributed by atoms with Crippen LogP contribution in [0.5, 0.6) is 5.75 Å². The van der Waals surface area contributed by atoms with Gasteiger partial charge in [-0.1, -0.05) is 54.6 Å². The molecule has 0 aromatic heterocycles. The van der Waals surface area contributed by atoms with Crippen molar-refractivity contribution in [3.8, 4) is 5.75 Å². The lowest BCUT2D eigenvalue weighted by atomic mass is 9.97. The summed E-state index contributed by atoms with van der Waals surface area (Å²) < 4.78 is 23.4. The standard InChI is InChI=1S/C20H21ClNO4P/c1-15(20(23)25-14-16-8-3-2-4-9-16)22-27(21,24)26-19-13-7-11-17-10-5-6-12-18(17)19/h2-4,6-9,11-13,15H,5,10,14H2,1H3,(H,22,24). The number of hydrogen-bond acceptors (Lipinski definition) is 4. The normalized spacial score (nSPS) is 16.1. The highest BCUT2D eigenvalue weighted by molar-refractivity contribution is 7.84. The summed E-state index contributed by atoms with van der Waals surface area (Å²) in [7, 11) is 0. The molecule has 0 fully saturated rings. The third-order valence-corrected chi connectivity index (χ3v) is 5.79. The van der Waals surface area contributed by atoms with E-state index in [1.165, 1.54) is 6.92 Å². The lowest BCUT2D eigenvalue weighted by Crippen LogP contribution is -2.33. The van der Waals surface area contributed by atoms with Gasteiger partial charge in [-0.3, -0.25) is 4.79 Å². The Labute approximate surface area is 163 Å². The molecule has 2 unspecified atom stereocenters. The second kappa shape index (κ2) is 8.75. The average molecular weight is 406 g/mol. The minimum absolute atomic E-state index is 0.135. The molecule has 7 heteroatoms. The largest absolute Gasteiger partial charge is 0.460 e. The number of fused-ring (bicyclic) bond motifs is 1. The second-order valence-corrected chi connectivity index (χ2v) is 9.02. The number of benzene rings is 2. The van der Waals surface area contributed by atoms with Gasteiger partial charge >= 0.3 is 12.8 Å². The van der Waals surface area contributed by atoms with E-state index in [-0.39, 0.29) is 6.61 Å². The summed E-state index contributed by atoms with van der Waals surface area (Å²) in [6.45, 7) is -2.11. The van der Waals surface area contributed by atoms with Crippen molar-refractivity contribution in [2.75, 3.05) is 0 Å². The maximum absolute atomic E-state index is 12.7. The number of nitrogens with one attached hydrogen (secondary N) is 1. The number of carbonyl (C=O) groups is 1. The third-order valence-electron chi connectivity index (χ3n) is 4.16. The summed E-state index contributed by atoms with van der Waals surface area (Å²) in [5.41, 5.74) is 2.85. The van der Waals surface area contributed by atoms with Gasteiger partial charge in [-0.25, -0.2) is 9.65 Å². The molecule has 1 N–H and O–H groups in total. The van der Waals surface area contributed by atoms with Crippen molar-refractivity contribution >= 4 is 30.2 Å². The van der Waals surface area contributed by atoms with E-state index in [0.717, 1.165) is 29.5 Å². The van der Waals surface area contributed by atoms with Crippen molar-refractivity contribution in [3.05, 3.63) is 71.3 Å². The maximum atomic E-state index is 12.7. The van der Waals surface area contributed by atoms with E-state index in [4.69, 9.17) is 20.5 Å². The zero-order valence-corrected chi connectivity index (χ0v) is 16.6. The molecule has 0 bridgehead atoms. The summed E-state index contributed by atoms with van der Waals surface area (Å²) in [5, 5.41) is 2.55. The fraction of sp³-hybridized carbons (Fsp3) is 0.250. The predicted molar refractivity (Wildman–Crippen MR) is 107 cm³/mol. The summed E-state index contributed by atoms with van der Waals surface area (Å²) in [4.78, 5) is 12.1. The van der Waals surface area contributed by atoms with Crippen molar-refractivity contribution < 1.29 is 18.6 Å². The molecule has 0 heterocycles. The van der Waals surface area contributed by atoms with E-state index in [1.54, 1.807) is 6.07 Å². The predicted octanol–water partition coefficient (Wildman–Crippen LogP) is 5.09. The maximum Gasteiger partial charge on any atom is 0.409 e. The van der Waals surface area contributed by atoms with E-state index in [2.05, 4.69) is 5.09 Å². The smallest absolute Gasteiger partial charge is 0.409 e. The molecule has 2 aromatic rings. The SMILES string of the molecule is CC(NP(=O)(Cl)Oc1cccc2c1C=CCC2)C(=O)OCc1ccccc1. The molecule has 2 atom stereocenters. The van der Waals surface area contributed by atoms with Crippen LogP contribution in [-0.2, 0) is 27.1 Å². The van der Waals surface area contributed by atoms with E-state index in [1.807, 2.05) is 54.6 Å². The van der Waals surface area contributed by atoms with Gasteiger partial charge in [-0.05, 0) is 37.0 Å². The second-order valence-electron chi connectivity index (χ2n) is 6.29. The Morgan fingerprint density at radius 3 is 2.78 bits per heavy atom. The van der Waals surface area contributed by atoms with Crippen molar-refractivity contribution in [1.82, 2.24) is 5.09 Å². The third kappa shape index (κ3) is 5.46. The van der Waals surface area contributed by atoms with Crippen LogP contribution in [-0.4, -0.2) is 12.0 Å². The quantitative estimate of drug-likeness (QED) is 0.513. The zero-order valence-electron chi connectivity index (χ0n) is 14.9. The van der Waals surface area contributed by atoms with E-state index in [9.17, 15) is 9.36 Å². The van der Waals surface area contributed by atoms with Crippen molar-refractivity contribution in [1.29, 1.82) is 0 Å². The first-order valence-corrected chi connectivity index (χ1v) is 11.2. The van der Waals surface area contributed by atoms with Crippen molar-refractivity contribution in [2.24, 2.45) is 0 Å². The number of aryl methyl sites for hydroxylation is 1. The van der Waals surface area contributed by atoms with Gasteiger partial charge in [-0.15, -0.1) is 0 Å². The van der Waals surface area contributed by atoms with Gasteiger partial charge in [0.05, 0.1) is 0 Å². The van der Waals surface area contributed by atoms with Gasteiger partial charge in [0.1, 0.15) is 18.4 Å². The molecule has 2 aromatic carbocycles. The van der Waals surface area contributed by atoms with Crippen molar-refractivity contribution in [3.63, 3.8) is 0 Å². The fourth-order valence-electron chi connectivity index (χ4n) is 2.81. The minimum Gasteiger partial charge on any atom is -0.460 e. The molecule has 0 radical (unpaired) electrons. The van der Waals surface area contributed by atoms with Gasteiger partial charge in [0.15, 0.2) is 0 Å². The lowest BCUT2D eigenvalue weighted by Gasteiger charge is -2.21. The highest BCUT2D eigenvalue weighted by Gasteiger charge is 2.29. The molecule has 27 heavy (non-hydrogen) atoms. The molecule has 5 nitrogen and oxygen atoms in total. The van der Waals surface area contributed by atoms with Crippen LogP contribution >= 0.6 is 18.1 Å². The summed E-state index contributed by atoms with van der Waals surface area (Å²) in [6.07, 6.45) is 5.82. The first-order valence-electron chi connectivity index (χ1n) is 8.71. The Kier molecular flexibility index (Phi) is 6.38. The highest BCUT2D eigenvalue weighted by atomic mass is 35.7. The molecule has 1 aliphatic rings. The van der Waals surface area contributed by atoms with Gasteiger partial charge in [0.25, 0.3) is 0 Å². The van der Waals surface area contributed by atoms with E-state index < -0.39 is 18.9 Å². The number of rotatable bonds is 7. The number of ether oxygens (including phenoxy) is 1. The van der Waals surface area contributed by atoms with Crippen LogP contribution < -0.4 is 9.61 Å².